The Kier molecular flexibility index (Phi) is 3.86. The molecule has 2 amide bonds. The third-order valence-corrected chi connectivity index (χ3v) is 5.42. The average molecular weight is 328 g/mol. The molecule has 1 fully saturated rings. The number of amides is 2. The lowest BCUT2D eigenvalue weighted by Crippen LogP contribution is -2.46. The summed E-state index contributed by atoms with van der Waals surface area (Å²) in [6.07, 6.45) is 0.272. The number of nitrogens with zero attached hydrogens (tertiary/aromatic N) is 3. The summed E-state index contributed by atoms with van der Waals surface area (Å²) in [5.41, 5.74) is 2.55. The van der Waals surface area contributed by atoms with Gasteiger partial charge in [0.05, 0.1) is 17.0 Å². The number of fused-ring (bicyclic) bond motifs is 1. The molecule has 0 saturated carbocycles. The number of likely N-dealkylation sites (tertiary alicyclic amines) is 1. The highest BCUT2D eigenvalue weighted by Gasteiger charge is 2.47. The summed E-state index contributed by atoms with van der Waals surface area (Å²) in [5, 5.41) is 2.97. The van der Waals surface area contributed by atoms with Crippen LogP contribution in [0.5, 0.6) is 0 Å². The van der Waals surface area contributed by atoms with Gasteiger partial charge in [0.2, 0.25) is 11.8 Å². The van der Waals surface area contributed by atoms with Gasteiger partial charge >= 0.3 is 0 Å². The van der Waals surface area contributed by atoms with Crippen LogP contribution in [-0.4, -0.2) is 38.9 Å². The van der Waals surface area contributed by atoms with Crippen LogP contribution in [0.3, 0.4) is 0 Å². The van der Waals surface area contributed by atoms with Crippen LogP contribution in [0.2, 0.25) is 0 Å². The molecule has 2 aromatic rings. The molecule has 128 valence electrons. The second kappa shape index (κ2) is 5.61. The number of nitrogens with one attached hydrogen (secondary N) is 1. The monoisotopic (exact) mass is 328 g/mol. The molecular weight excluding hydrogens is 304 g/mol. The van der Waals surface area contributed by atoms with Crippen LogP contribution in [0.15, 0.2) is 18.2 Å². The van der Waals surface area contributed by atoms with Crippen molar-refractivity contribution >= 4 is 22.8 Å². The van der Waals surface area contributed by atoms with Crippen molar-refractivity contribution < 1.29 is 9.59 Å². The van der Waals surface area contributed by atoms with Crippen molar-refractivity contribution in [3.8, 4) is 0 Å². The molecule has 6 nitrogen and oxygen atoms in total. The molecule has 24 heavy (non-hydrogen) atoms. The van der Waals surface area contributed by atoms with E-state index in [9.17, 15) is 9.59 Å². The molecule has 1 atom stereocenters. The van der Waals surface area contributed by atoms with Crippen molar-refractivity contribution in [1.29, 1.82) is 0 Å². The van der Waals surface area contributed by atoms with Crippen molar-refractivity contribution in [2.75, 3.05) is 7.05 Å². The third-order valence-electron chi connectivity index (χ3n) is 5.42. The average Bonchev–Trinajstić information content (AvgIpc) is 2.93. The standard InChI is InChI=1S/C18H24N4O2/c1-11-20-14-8-12(6-7-15(14)21(11)4)10-19-17(24)13-9-16(23)22(5)18(13,2)3/h6-8,13H,9-10H2,1-5H3,(H,19,24). The number of hydrogen-bond acceptors (Lipinski definition) is 3. The highest BCUT2D eigenvalue weighted by atomic mass is 16.2. The number of carbonyl (C=O) groups excluding carboxylic acids is 2. The quantitative estimate of drug-likeness (QED) is 0.933. The first-order chi connectivity index (χ1) is 11.2. The first-order valence-corrected chi connectivity index (χ1v) is 8.18. The van der Waals surface area contributed by atoms with Crippen molar-refractivity contribution in [2.45, 2.75) is 39.3 Å². The fourth-order valence-electron chi connectivity index (χ4n) is 3.32. The van der Waals surface area contributed by atoms with Gasteiger partial charge in [-0.05, 0) is 38.5 Å². The molecule has 1 aliphatic rings. The van der Waals surface area contributed by atoms with E-state index < -0.39 is 5.54 Å². The lowest BCUT2D eigenvalue weighted by molar-refractivity contribution is -0.128. The van der Waals surface area contributed by atoms with Crippen molar-refractivity contribution in [1.82, 2.24) is 19.8 Å². The number of aryl methyl sites for hydroxylation is 2. The zero-order valence-corrected chi connectivity index (χ0v) is 14.9. The van der Waals surface area contributed by atoms with E-state index in [0.29, 0.717) is 6.54 Å². The topological polar surface area (TPSA) is 67.2 Å². The van der Waals surface area contributed by atoms with Crippen molar-refractivity contribution in [3.05, 3.63) is 29.6 Å². The van der Waals surface area contributed by atoms with Gasteiger partial charge in [0.25, 0.3) is 0 Å². The van der Waals surface area contributed by atoms with E-state index in [1.165, 1.54) is 0 Å². The van der Waals surface area contributed by atoms with E-state index in [1.807, 2.05) is 50.6 Å². The van der Waals surface area contributed by atoms with Gasteiger partial charge in [0.15, 0.2) is 0 Å². The van der Waals surface area contributed by atoms with Crippen LogP contribution in [0.4, 0.5) is 0 Å². The van der Waals surface area contributed by atoms with Crippen LogP contribution in [-0.2, 0) is 23.2 Å². The zero-order chi connectivity index (χ0) is 17.6. The van der Waals surface area contributed by atoms with E-state index in [4.69, 9.17) is 0 Å². The van der Waals surface area contributed by atoms with E-state index in [-0.39, 0.29) is 24.2 Å². The fraction of sp³-hybridized carbons (Fsp3) is 0.500. The molecule has 1 N–H and O–H groups in total. The minimum Gasteiger partial charge on any atom is -0.352 e. The van der Waals surface area contributed by atoms with Crippen molar-refractivity contribution in [3.63, 3.8) is 0 Å². The first-order valence-electron chi connectivity index (χ1n) is 8.18. The number of rotatable bonds is 3. The second-order valence-corrected chi connectivity index (χ2v) is 7.12. The van der Waals surface area contributed by atoms with Gasteiger partial charge in [-0.15, -0.1) is 0 Å². The maximum atomic E-state index is 12.5. The summed E-state index contributed by atoms with van der Waals surface area (Å²) in [4.78, 5) is 30.6. The molecule has 3 rings (SSSR count). The van der Waals surface area contributed by atoms with E-state index in [2.05, 4.69) is 10.3 Å². The van der Waals surface area contributed by atoms with Crippen LogP contribution in [0.25, 0.3) is 11.0 Å². The Labute approximate surface area is 141 Å². The van der Waals surface area contributed by atoms with Gasteiger partial charge in [-0.2, -0.15) is 0 Å². The Bertz CT molecular complexity index is 822. The maximum absolute atomic E-state index is 12.5. The Morgan fingerprint density at radius 1 is 1.38 bits per heavy atom. The molecule has 2 heterocycles. The lowest BCUT2D eigenvalue weighted by Gasteiger charge is -2.32. The predicted octanol–water partition coefficient (Wildman–Crippen LogP) is 1.75. The van der Waals surface area contributed by atoms with Gasteiger partial charge in [-0.25, -0.2) is 4.98 Å². The number of aromatic nitrogens is 2. The second-order valence-electron chi connectivity index (χ2n) is 7.12. The van der Waals surface area contributed by atoms with E-state index in [1.54, 1.807) is 11.9 Å². The summed E-state index contributed by atoms with van der Waals surface area (Å²) < 4.78 is 2.04. The van der Waals surface area contributed by atoms with Gasteiger partial charge in [0.1, 0.15) is 5.82 Å². The summed E-state index contributed by atoms with van der Waals surface area (Å²) in [6.45, 7) is 6.28. The van der Waals surface area contributed by atoms with Gasteiger partial charge in [0, 0.05) is 32.6 Å². The van der Waals surface area contributed by atoms with Crippen LogP contribution < -0.4 is 5.32 Å². The third kappa shape index (κ3) is 2.56. The lowest BCUT2D eigenvalue weighted by atomic mass is 9.88. The van der Waals surface area contributed by atoms with Gasteiger partial charge in [-0.1, -0.05) is 6.07 Å². The fourth-order valence-corrected chi connectivity index (χ4v) is 3.32. The van der Waals surface area contributed by atoms with Crippen LogP contribution >= 0.6 is 0 Å². The molecule has 1 aliphatic heterocycles. The molecule has 0 aliphatic carbocycles. The summed E-state index contributed by atoms with van der Waals surface area (Å²) >= 11 is 0. The predicted molar refractivity (Wildman–Crippen MR) is 92.3 cm³/mol. The first kappa shape index (κ1) is 16.5. The SMILES string of the molecule is Cc1nc2cc(CNC(=O)C3CC(=O)N(C)C3(C)C)ccc2n1C. The van der Waals surface area contributed by atoms with Gasteiger partial charge in [-0.3, -0.25) is 9.59 Å². The van der Waals surface area contributed by atoms with E-state index in [0.717, 1.165) is 22.4 Å². The molecule has 1 aromatic carbocycles. The maximum Gasteiger partial charge on any atom is 0.226 e. The number of imidazole rings is 1. The highest BCUT2D eigenvalue weighted by molar-refractivity contribution is 5.91. The zero-order valence-electron chi connectivity index (χ0n) is 14.9. The highest BCUT2D eigenvalue weighted by Crippen LogP contribution is 2.34. The molecular formula is C18H24N4O2. The molecule has 1 unspecified atom stereocenters. The molecule has 0 radical (unpaired) electrons. The summed E-state index contributed by atoms with van der Waals surface area (Å²) in [5.74, 6) is 0.580. The number of hydrogen-bond donors (Lipinski definition) is 1. The summed E-state index contributed by atoms with van der Waals surface area (Å²) in [7, 11) is 3.74. The largest absolute Gasteiger partial charge is 0.352 e. The summed E-state index contributed by atoms with van der Waals surface area (Å²) in [6, 6.07) is 6.02. The number of benzene rings is 1. The minimum atomic E-state index is -0.455. The molecule has 0 bridgehead atoms. The minimum absolute atomic E-state index is 0.0190. The molecule has 1 saturated heterocycles. The molecule has 0 spiro atoms. The van der Waals surface area contributed by atoms with Gasteiger partial charge < -0.3 is 14.8 Å². The Balaban J connectivity index is 1.72. The Hall–Kier alpha value is -2.37. The van der Waals surface area contributed by atoms with Crippen molar-refractivity contribution in [2.24, 2.45) is 13.0 Å². The normalized spacial score (nSPS) is 20.0. The van der Waals surface area contributed by atoms with E-state index >= 15 is 0 Å². The Morgan fingerprint density at radius 2 is 2.08 bits per heavy atom. The van der Waals surface area contributed by atoms with Crippen LogP contribution in [0, 0.1) is 12.8 Å². The van der Waals surface area contributed by atoms with Crippen LogP contribution in [0.1, 0.15) is 31.7 Å². The number of carbonyl (C=O) groups is 2. The smallest absolute Gasteiger partial charge is 0.226 e. The molecule has 1 aromatic heterocycles. The Morgan fingerprint density at radius 3 is 2.71 bits per heavy atom. The molecule has 6 heteroatoms.